The molecule has 4 aromatic rings. The molecule has 2 aromatic heterocycles. The molecule has 0 aliphatic carbocycles. The molecule has 0 aliphatic rings. The lowest BCUT2D eigenvalue weighted by atomic mass is 10.1. The van der Waals surface area contributed by atoms with Crippen LogP contribution in [0.2, 0.25) is 0 Å². The number of halogens is 2. The number of rotatable bonds is 7. The van der Waals surface area contributed by atoms with E-state index in [-0.39, 0.29) is 17.9 Å². The Morgan fingerprint density at radius 3 is 2.45 bits per heavy atom. The molecule has 6 nitrogen and oxygen atoms in total. The lowest BCUT2D eigenvalue weighted by Crippen LogP contribution is -2.24. The Morgan fingerprint density at radius 1 is 1.00 bits per heavy atom. The highest BCUT2D eigenvalue weighted by Gasteiger charge is 2.17. The van der Waals surface area contributed by atoms with Gasteiger partial charge in [-0.05, 0) is 36.4 Å². The predicted molar refractivity (Wildman–Crippen MR) is 111 cm³/mol. The molecule has 31 heavy (non-hydrogen) atoms. The van der Waals surface area contributed by atoms with Gasteiger partial charge in [-0.15, -0.1) is 0 Å². The molecule has 156 valence electrons. The Morgan fingerprint density at radius 2 is 1.71 bits per heavy atom. The van der Waals surface area contributed by atoms with Crippen molar-refractivity contribution in [1.82, 2.24) is 20.1 Å². The number of carbonyl (C=O) groups excluding carboxylic acids is 1. The maximum absolute atomic E-state index is 12.7. The van der Waals surface area contributed by atoms with Crippen molar-refractivity contribution in [3.8, 4) is 22.7 Å². The van der Waals surface area contributed by atoms with Crippen LogP contribution in [0.15, 0.2) is 85.3 Å². The van der Waals surface area contributed by atoms with Crippen molar-refractivity contribution in [3.63, 3.8) is 0 Å². The van der Waals surface area contributed by atoms with Crippen LogP contribution in [0.5, 0.6) is 5.75 Å². The van der Waals surface area contributed by atoms with E-state index in [4.69, 9.17) is 0 Å². The van der Waals surface area contributed by atoms with Crippen LogP contribution in [0.25, 0.3) is 16.9 Å². The average molecular weight is 420 g/mol. The molecule has 0 fully saturated rings. The number of alkyl halides is 2. The average Bonchev–Trinajstić information content (AvgIpc) is 3.23. The number of hydrogen-bond donors (Lipinski definition) is 1. The van der Waals surface area contributed by atoms with Crippen molar-refractivity contribution in [3.05, 3.63) is 96.4 Å². The third kappa shape index (κ3) is 4.75. The van der Waals surface area contributed by atoms with Crippen molar-refractivity contribution in [2.75, 3.05) is 0 Å². The fourth-order valence-electron chi connectivity index (χ4n) is 3.13. The van der Waals surface area contributed by atoms with Gasteiger partial charge in [0.2, 0.25) is 0 Å². The number of benzene rings is 2. The number of nitrogens with one attached hydrogen (secondary N) is 1. The van der Waals surface area contributed by atoms with Gasteiger partial charge in [0.15, 0.2) is 0 Å². The van der Waals surface area contributed by atoms with E-state index in [0.29, 0.717) is 5.69 Å². The number of ether oxygens (including phenoxy) is 1. The number of nitrogens with zero attached hydrogens (tertiary/aromatic N) is 3. The summed E-state index contributed by atoms with van der Waals surface area (Å²) in [6.07, 6.45) is 5.15. The standard InChI is InChI=1S/C23H18F2N4O2/c24-23(25)31-20-9-5-4-8-19(20)22(30)27-14-17-15-29(18-6-2-1-3-7-18)28-21(17)16-10-12-26-13-11-16/h1-13,15,23H,14H2,(H,27,30). The summed E-state index contributed by atoms with van der Waals surface area (Å²) < 4.78 is 31.5. The maximum atomic E-state index is 12.7. The lowest BCUT2D eigenvalue weighted by Gasteiger charge is -2.11. The number of aromatic nitrogens is 3. The van der Waals surface area contributed by atoms with Gasteiger partial charge < -0.3 is 10.1 Å². The number of hydrogen-bond acceptors (Lipinski definition) is 4. The Hall–Kier alpha value is -4.07. The molecular formula is C23H18F2N4O2. The topological polar surface area (TPSA) is 69.0 Å². The van der Waals surface area contributed by atoms with E-state index in [0.717, 1.165) is 16.8 Å². The summed E-state index contributed by atoms with van der Waals surface area (Å²) in [5.74, 6) is -0.700. The van der Waals surface area contributed by atoms with Crippen LogP contribution in [-0.4, -0.2) is 27.3 Å². The van der Waals surface area contributed by atoms with Crippen molar-refractivity contribution < 1.29 is 18.3 Å². The summed E-state index contributed by atoms with van der Waals surface area (Å²) in [6.45, 7) is -2.87. The highest BCUT2D eigenvalue weighted by molar-refractivity contribution is 5.96. The highest BCUT2D eigenvalue weighted by Crippen LogP contribution is 2.24. The Labute approximate surface area is 177 Å². The van der Waals surface area contributed by atoms with Crippen molar-refractivity contribution in [2.45, 2.75) is 13.2 Å². The minimum Gasteiger partial charge on any atom is -0.434 e. The normalized spacial score (nSPS) is 10.8. The summed E-state index contributed by atoms with van der Waals surface area (Å²) in [5.41, 5.74) is 3.18. The van der Waals surface area contributed by atoms with Gasteiger partial charge in [-0.25, -0.2) is 4.68 Å². The van der Waals surface area contributed by atoms with E-state index in [1.165, 1.54) is 18.2 Å². The maximum Gasteiger partial charge on any atom is 0.387 e. The van der Waals surface area contributed by atoms with Gasteiger partial charge in [0.25, 0.3) is 5.91 Å². The largest absolute Gasteiger partial charge is 0.434 e. The third-order valence-electron chi connectivity index (χ3n) is 4.55. The SMILES string of the molecule is O=C(NCc1cn(-c2ccccc2)nc1-c1ccncc1)c1ccccc1OC(F)F. The van der Waals surface area contributed by atoms with Crippen LogP contribution >= 0.6 is 0 Å². The van der Waals surface area contributed by atoms with E-state index < -0.39 is 12.5 Å². The van der Waals surface area contributed by atoms with E-state index in [1.807, 2.05) is 48.7 Å². The molecule has 1 N–H and O–H groups in total. The second-order valence-electron chi connectivity index (χ2n) is 6.58. The van der Waals surface area contributed by atoms with Crippen molar-refractivity contribution in [1.29, 1.82) is 0 Å². The zero-order valence-electron chi connectivity index (χ0n) is 16.3. The molecule has 0 spiro atoms. The smallest absolute Gasteiger partial charge is 0.387 e. The summed E-state index contributed by atoms with van der Waals surface area (Å²) in [7, 11) is 0. The molecular weight excluding hydrogens is 402 g/mol. The molecule has 0 atom stereocenters. The first kappa shape index (κ1) is 20.2. The Kier molecular flexibility index (Phi) is 5.98. The predicted octanol–water partition coefficient (Wildman–Crippen LogP) is 4.47. The number of para-hydroxylation sites is 2. The van der Waals surface area contributed by atoms with E-state index >= 15 is 0 Å². The molecule has 0 saturated heterocycles. The molecule has 8 heteroatoms. The van der Waals surface area contributed by atoms with Gasteiger partial charge in [0.1, 0.15) is 5.75 Å². The number of amides is 1. The van der Waals surface area contributed by atoms with Crippen molar-refractivity contribution in [2.24, 2.45) is 0 Å². The van der Waals surface area contributed by atoms with Gasteiger partial charge in [-0.1, -0.05) is 30.3 Å². The van der Waals surface area contributed by atoms with Gasteiger partial charge in [0.05, 0.1) is 16.9 Å². The van der Waals surface area contributed by atoms with E-state index in [1.54, 1.807) is 23.1 Å². The minimum atomic E-state index is -3.02. The fourth-order valence-corrected chi connectivity index (χ4v) is 3.13. The monoisotopic (exact) mass is 420 g/mol. The zero-order valence-corrected chi connectivity index (χ0v) is 16.3. The summed E-state index contributed by atoms with van der Waals surface area (Å²) in [4.78, 5) is 16.7. The van der Waals surface area contributed by atoms with Crippen LogP contribution in [0, 0.1) is 0 Å². The first-order valence-electron chi connectivity index (χ1n) is 9.48. The summed E-state index contributed by atoms with van der Waals surface area (Å²) >= 11 is 0. The Bertz CT molecular complexity index is 1160. The van der Waals surface area contributed by atoms with Gasteiger partial charge >= 0.3 is 6.61 Å². The molecule has 2 aromatic carbocycles. The molecule has 0 bridgehead atoms. The van der Waals surface area contributed by atoms with Crippen LogP contribution in [0.1, 0.15) is 15.9 Å². The summed E-state index contributed by atoms with van der Waals surface area (Å²) in [6, 6.07) is 19.1. The molecule has 0 aliphatic heterocycles. The first-order chi connectivity index (χ1) is 15.1. The summed E-state index contributed by atoms with van der Waals surface area (Å²) in [5, 5.41) is 7.44. The van der Waals surface area contributed by atoms with Crippen molar-refractivity contribution >= 4 is 5.91 Å². The van der Waals surface area contributed by atoms with Crippen LogP contribution in [-0.2, 0) is 6.54 Å². The number of carbonyl (C=O) groups is 1. The molecule has 0 radical (unpaired) electrons. The zero-order chi connectivity index (χ0) is 21.6. The quantitative estimate of drug-likeness (QED) is 0.479. The fraction of sp³-hybridized carbons (Fsp3) is 0.0870. The van der Waals surface area contributed by atoms with Crippen LogP contribution in [0.3, 0.4) is 0 Å². The molecule has 2 heterocycles. The lowest BCUT2D eigenvalue weighted by molar-refractivity contribution is -0.0501. The number of pyridine rings is 1. The van der Waals surface area contributed by atoms with Crippen LogP contribution < -0.4 is 10.1 Å². The van der Waals surface area contributed by atoms with E-state index in [2.05, 4.69) is 20.1 Å². The minimum absolute atomic E-state index is 0.0312. The second-order valence-corrected chi connectivity index (χ2v) is 6.58. The molecule has 0 saturated carbocycles. The third-order valence-corrected chi connectivity index (χ3v) is 4.55. The van der Waals surface area contributed by atoms with Crippen LogP contribution in [0.4, 0.5) is 8.78 Å². The van der Waals surface area contributed by atoms with Gasteiger partial charge in [-0.3, -0.25) is 9.78 Å². The van der Waals surface area contributed by atoms with Gasteiger partial charge in [-0.2, -0.15) is 13.9 Å². The van der Waals surface area contributed by atoms with E-state index in [9.17, 15) is 13.6 Å². The first-order valence-corrected chi connectivity index (χ1v) is 9.48. The van der Waals surface area contributed by atoms with Gasteiger partial charge in [0, 0.05) is 36.3 Å². The molecule has 0 unspecified atom stereocenters. The molecule has 1 amide bonds. The Balaban J connectivity index is 1.61. The highest BCUT2D eigenvalue weighted by atomic mass is 19.3. The molecule has 4 rings (SSSR count). The second kappa shape index (κ2) is 9.17.